The first-order chi connectivity index (χ1) is 7.29. The topological polar surface area (TPSA) is 12.4 Å². The molecule has 0 unspecified atom stereocenters. The van der Waals surface area contributed by atoms with Gasteiger partial charge in [0.1, 0.15) is 0 Å². The molecule has 1 heterocycles. The highest BCUT2D eigenvalue weighted by molar-refractivity contribution is 7.26. The molecule has 0 saturated heterocycles. The molecule has 0 spiro atoms. The summed E-state index contributed by atoms with van der Waals surface area (Å²) in [5.41, 5.74) is 2.42. The van der Waals surface area contributed by atoms with Crippen molar-refractivity contribution in [2.75, 3.05) is 0 Å². The Labute approximate surface area is 97.8 Å². The van der Waals surface area contributed by atoms with Crippen LogP contribution in [-0.4, -0.2) is 0 Å². The van der Waals surface area contributed by atoms with E-state index in [0.717, 1.165) is 16.1 Å². The largest absolute Gasteiger partial charge is 0.227 e. The van der Waals surface area contributed by atoms with E-state index in [1.54, 1.807) is 22.7 Å². The first-order valence-electron chi connectivity index (χ1n) is 4.97. The van der Waals surface area contributed by atoms with Gasteiger partial charge in [-0.25, -0.2) is 4.99 Å². The molecule has 0 saturated carbocycles. The lowest BCUT2D eigenvalue weighted by atomic mass is 10.1. The van der Waals surface area contributed by atoms with Crippen LogP contribution in [0.25, 0.3) is 0 Å². The summed E-state index contributed by atoms with van der Waals surface area (Å²) in [7, 11) is 0. The molecule has 15 heavy (non-hydrogen) atoms. The molecule has 1 nitrogen and oxygen atoms in total. The van der Waals surface area contributed by atoms with Crippen molar-refractivity contribution >= 4 is 28.4 Å². The van der Waals surface area contributed by atoms with Crippen molar-refractivity contribution < 1.29 is 0 Å². The average molecular weight is 235 g/mol. The summed E-state index contributed by atoms with van der Waals surface area (Å²) < 4.78 is 1.13. The van der Waals surface area contributed by atoms with Crippen LogP contribution in [0.2, 0.25) is 0 Å². The molecule has 0 radical (unpaired) electrons. The van der Waals surface area contributed by atoms with E-state index in [4.69, 9.17) is 0 Å². The van der Waals surface area contributed by atoms with Crippen LogP contribution >= 0.6 is 22.7 Å². The minimum absolute atomic E-state index is 1.04. The number of para-hydroxylation sites is 1. The Morgan fingerprint density at radius 3 is 2.73 bits per heavy atom. The maximum atomic E-state index is 4.67. The van der Waals surface area contributed by atoms with E-state index >= 15 is 0 Å². The molecule has 0 bridgehead atoms. The molecule has 2 rings (SSSR count). The Morgan fingerprint density at radius 2 is 2.07 bits per heavy atom. The second kappa shape index (κ2) is 4.73. The monoisotopic (exact) mass is 235 g/mol. The molecule has 0 aliphatic rings. The number of aryl methyl sites for hydroxylation is 2. The molecule has 0 fully saturated rings. The van der Waals surface area contributed by atoms with E-state index in [0.29, 0.717) is 0 Å². The lowest BCUT2D eigenvalue weighted by Crippen LogP contribution is -1.87. The molecule has 1 aromatic carbocycles. The minimum Gasteiger partial charge on any atom is -0.227 e. The minimum atomic E-state index is 1.04. The Balaban J connectivity index is 2.47. The second-order valence-electron chi connectivity index (χ2n) is 3.31. The molecule has 0 N–H and O–H groups in total. The molecule has 0 aliphatic carbocycles. The molecule has 0 atom stereocenters. The van der Waals surface area contributed by atoms with Gasteiger partial charge in [0, 0.05) is 10.3 Å². The highest BCUT2D eigenvalue weighted by atomic mass is 32.2. The fourth-order valence-electron chi connectivity index (χ4n) is 1.39. The normalized spacial score (nSPS) is 12.0. The number of benzene rings is 1. The number of nitrogens with zero attached hydrogens (tertiary/aromatic N) is 1. The fraction of sp³-hybridized carbons (Fsp3) is 0.250. The highest BCUT2D eigenvalue weighted by Gasteiger charge is 1.97. The SMILES string of the molecule is CCc1ccccc1N=c1scc(C)s1. The summed E-state index contributed by atoms with van der Waals surface area (Å²) in [6, 6.07) is 8.34. The van der Waals surface area contributed by atoms with Crippen molar-refractivity contribution in [2.24, 2.45) is 4.99 Å². The van der Waals surface area contributed by atoms with Gasteiger partial charge in [-0.2, -0.15) is 0 Å². The van der Waals surface area contributed by atoms with E-state index in [-0.39, 0.29) is 0 Å². The van der Waals surface area contributed by atoms with Gasteiger partial charge in [-0.15, -0.1) is 22.7 Å². The lowest BCUT2D eigenvalue weighted by molar-refractivity contribution is 1.13. The Bertz CT molecular complexity index is 508. The molecule has 2 aromatic rings. The van der Waals surface area contributed by atoms with Gasteiger partial charge in [0.2, 0.25) is 0 Å². The summed E-state index contributed by atoms with van der Waals surface area (Å²) in [6.07, 6.45) is 1.04. The molecule has 1 aromatic heterocycles. The maximum Gasteiger partial charge on any atom is 0.171 e. The summed E-state index contributed by atoms with van der Waals surface area (Å²) in [5.74, 6) is 0. The van der Waals surface area contributed by atoms with Crippen molar-refractivity contribution in [3.63, 3.8) is 0 Å². The van der Waals surface area contributed by atoms with E-state index in [2.05, 4.69) is 42.4 Å². The Hall–Kier alpha value is -0.930. The standard InChI is InChI=1S/C12H13NS2/c1-3-10-6-4-5-7-11(10)13-12-14-8-9(2)15-12/h4-8H,3H2,1-2H3. The molecule has 0 aliphatic heterocycles. The zero-order chi connectivity index (χ0) is 10.7. The first-order valence-corrected chi connectivity index (χ1v) is 6.67. The van der Waals surface area contributed by atoms with Crippen LogP contribution in [0.15, 0.2) is 34.6 Å². The van der Waals surface area contributed by atoms with Gasteiger partial charge < -0.3 is 0 Å². The summed E-state index contributed by atoms with van der Waals surface area (Å²) in [6.45, 7) is 4.28. The summed E-state index contributed by atoms with van der Waals surface area (Å²) in [4.78, 5) is 6.00. The fourth-order valence-corrected chi connectivity index (χ4v) is 3.29. The van der Waals surface area contributed by atoms with E-state index in [9.17, 15) is 0 Å². The van der Waals surface area contributed by atoms with Crippen LogP contribution in [0.5, 0.6) is 0 Å². The van der Waals surface area contributed by atoms with Crippen molar-refractivity contribution in [2.45, 2.75) is 20.3 Å². The predicted molar refractivity (Wildman–Crippen MR) is 68.0 cm³/mol. The van der Waals surface area contributed by atoms with Gasteiger partial charge in [0.15, 0.2) is 3.98 Å². The van der Waals surface area contributed by atoms with Gasteiger partial charge in [-0.05, 0) is 25.0 Å². The first kappa shape index (κ1) is 10.6. The van der Waals surface area contributed by atoms with Crippen molar-refractivity contribution in [1.29, 1.82) is 0 Å². The summed E-state index contributed by atoms with van der Waals surface area (Å²) >= 11 is 3.47. The van der Waals surface area contributed by atoms with Gasteiger partial charge >= 0.3 is 0 Å². The number of hydrogen-bond donors (Lipinski definition) is 0. The zero-order valence-corrected chi connectivity index (χ0v) is 10.5. The van der Waals surface area contributed by atoms with E-state index in [1.165, 1.54) is 10.4 Å². The van der Waals surface area contributed by atoms with Crippen molar-refractivity contribution in [3.05, 3.63) is 44.1 Å². The summed E-state index contributed by atoms with van der Waals surface area (Å²) in [5, 5.41) is 2.15. The number of rotatable bonds is 2. The van der Waals surface area contributed by atoms with Crippen LogP contribution in [0.4, 0.5) is 5.69 Å². The highest BCUT2D eigenvalue weighted by Crippen LogP contribution is 2.19. The van der Waals surface area contributed by atoms with Gasteiger partial charge in [-0.1, -0.05) is 25.1 Å². The van der Waals surface area contributed by atoms with Gasteiger partial charge in [0.25, 0.3) is 0 Å². The Kier molecular flexibility index (Phi) is 3.34. The number of hydrogen-bond acceptors (Lipinski definition) is 3. The zero-order valence-electron chi connectivity index (χ0n) is 8.86. The molecular weight excluding hydrogens is 222 g/mol. The van der Waals surface area contributed by atoms with Gasteiger partial charge in [-0.3, -0.25) is 0 Å². The smallest absolute Gasteiger partial charge is 0.171 e. The third kappa shape index (κ3) is 2.55. The predicted octanol–water partition coefficient (Wildman–Crippen LogP) is 3.91. The quantitative estimate of drug-likeness (QED) is 0.748. The second-order valence-corrected chi connectivity index (χ2v) is 5.66. The Morgan fingerprint density at radius 1 is 1.27 bits per heavy atom. The lowest BCUT2D eigenvalue weighted by Gasteiger charge is -1.99. The van der Waals surface area contributed by atoms with Crippen molar-refractivity contribution in [3.8, 4) is 0 Å². The average Bonchev–Trinajstić information content (AvgIpc) is 2.65. The maximum absolute atomic E-state index is 4.67. The van der Waals surface area contributed by atoms with Crippen LogP contribution in [0.1, 0.15) is 17.4 Å². The van der Waals surface area contributed by atoms with E-state index < -0.39 is 0 Å². The van der Waals surface area contributed by atoms with E-state index in [1.807, 2.05) is 6.07 Å². The third-order valence-corrected chi connectivity index (χ3v) is 4.32. The van der Waals surface area contributed by atoms with Crippen LogP contribution in [-0.2, 0) is 6.42 Å². The van der Waals surface area contributed by atoms with Crippen molar-refractivity contribution in [1.82, 2.24) is 0 Å². The van der Waals surface area contributed by atoms with Gasteiger partial charge in [0.05, 0.1) is 5.69 Å². The van der Waals surface area contributed by atoms with Crippen LogP contribution in [0, 0.1) is 6.92 Å². The molecule has 3 heteroatoms. The molecular formula is C12H13NS2. The van der Waals surface area contributed by atoms with Crippen LogP contribution in [0.3, 0.4) is 0 Å². The molecule has 78 valence electrons. The third-order valence-electron chi connectivity index (χ3n) is 2.16. The van der Waals surface area contributed by atoms with Crippen LogP contribution < -0.4 is 3.98 Å². The molecule has 0 amide bonds.